The molecule has 1 saturated heterocycles. The maximum Gasteiger partial charge on any atom is 0.257 e. The van der Waals surface area contributed by atoms with Crippen molar-refractivity contribution < 1.29 is 9.18 Å². The summed E-state index contributed by atoms with van der Waals surface area (Å²) < 4.78 is 16.4. The average Bonchev–Trinajstić information content (AvgIpc) is 3.44. The standard InChI is InChI=1S/C26H30FN5O/c1-16-7-10-20(21(27)12-16)26(33)31-11-5-4-6-23(31)22-14-24-29-25(17(2)15-32(24)30-22)18-8-9-19(13-18)28-3/h7,10,12,14-15,18-19,23H,3-6,8-9,11,13H2,1-2H3/t18?,19-,23-/m0/s1. The van der Waals surface area contributed by atoms with Gasteiger partial charge >= 0.3 is 0 Å². The predicted octanol–water partition coefficient (Wildman–Crippen LogP) is 5.19. The minimum Gasteiger partial charge on any atom is -0.330 e. The van der Waals surface area contributed by atoms with E-state index in [0.29, 0.717) is 18.5 Å². The van der Waals surface area contributed by atoms with E-state index in [9.17, 15) is 9.18 Å². The highest BCUT2D eigenvalue weighted by molar-refractivity contribution is 5.95. The van der Waals surface area contributed by atoms with Crippen LogP contribution >= 0.6 is 0 Å². The van der Waals surface area contributed by atoms with Gasteiger partial charge in [-0.15, -0.1) is 0 Å². The largest absolute Gasteiger partial charge is 0.330 e. The molecule has 33 heavy (non-hydrogen) atoms. The number of likely N-dealkylation sites (tertiary alicyclic amines) is 1. The molecule has 7 heteroatoms. The van der Waals surface area contributed by atoms with E-state index in [0.717, 1.165) is 66.7 Å². The molecule has 0 spiro atoms. The summed E-state index contributed by atoms with van der Waals surface area (Å²) in [5.74, 6) is -0.348. The molecule has 172 valence electrons. The van der Waals surface area contributed by atoms with E-state index in [1.165, 1.54) is 6.07 Å². The van der Waals surface area contributed by atoms with E-state index >= 15 is 0 Å². The fourth-order valence-corrected chi connectivity index (χ4v) is 5.42. The summed E-state index contributed by atoms with van der Waals surface area (Å²) in [6.07, 6.45) is 7.87. The molecule has 1 aliphatic carbocycles. The van der Waals surface area contributed by atoms with Crippen molar-refractivity contribution in [3.05, 3.63) is 64.4 Å². The number of carbonyl (C=O) groups excluding carboxylic acids is 1. The molecule has 3 aromatic rings. The van der Waals surface area contributed by atoms with Gasteiger partial charge in [-0.25, -0.2) is 13.9 Å². The van der Waals surface area contributed by atoms with Crippen LogP contribution < -0.4 is 0 Å². The Labute approximate surface area is 193 Å². The summed E-state index contributed by atoms with van der Waals surface area (Å²) in [5, 5.41) is 4.80. The van der Waals surface area contributed by atoms with Gasteiger partial charge in [0.25, 0.3) is 5.91 Å². The van der Waals surface area contributed by atoms with E-state index in [4.69, 9.17) is 10.1 Å². The molecule has 2 aliphatic rings. The van der Waals surface area contributed by atoms with Crippen LogP contribution in [0.1, 0.15) is 83.4 Å². The van der Waals surface area contributed by atoms with Crippen LogP contribution in [0.25, 0.3) is 5.65 Å². The lowest BCUT2D eigenvalue weighted by Crippen LogP contribution is -2.39. The minimum absolute atomic E-state index is 0.124. The van der Waals surface area contributed by atoms with Crippen molar-refractivity contribution in [3.8, 4) is 0 Å². The molecule has 5 rings (SSSR count). The van der Waals surface area contributed by atoms with Crippen LogP contribution in [0.2, 0.25) is 0 Å². The first kappa shape index (κ1) is 21.7. The highest BCUT2D eigenvalue weighted by Gasteiger charge is 2.32. The van der Waals surface area contributed by atoms with Crippen molar-refractivity contribution in [1.82, 2.24) is 19.5 Å². The zero-order valence-corrected chi connectivity index (χ0v) is 19.3. The van der Waals surface area contributed by atoms with E-state index in [2.05, 4.69) is 18.6 Å². The van der Waals surface area contributed by atoms with Crippen LogP contribution in [0.15, 0.2) is 35.5 Å². The van der Waals surface area contributed by atoms with E-state index in [1.54, 1.807) is 17.0 Å². The molecule has 0 bridgehead atoms. The molecule has 2 fully saturated rings. The fraction of sp³-hybridized carbons (Fsp3) is 0.462. The Morgan fingerprint density at radius 1 is 1.18 bits per heavy atom. The van der Waals surface area contributed by atoms with Gasteiger partial charge in [-0.1, -0.05) is 6.07 Å². The summed E-state index contributed by atoms with van der Waals surface area (Å²) in [6, 6.07) is 6.91. The van der Waals surface area contributed by atoms with Crippen molar-refractivity contribution in [3.63, 3.8) is 0 Å². The van der Waals surface area contributed by atoms with Gasteiger partial charge in [0.2, 0.25) is 0 Å². The molecule has 1 saturated carbocycles. The Morgan fingerprint density at radius 3 is 2.79 bits per heavy atom. The van der Waals surface area contributed by atoms with Gasteiger partial charge < -0.3 is 4.90 Å². The molecule has 3 heterocycles. The summed E-state index contributed by atoms with van der Waals surface area (Å²) in [4.78, 5) is 24.3. The molecule has 0 radical (unpaired) electrons. The summed E-state index contributed by atoms with van der Waals surface area (Å²) in [7, 11) is 0. The van der Waals surface area contributed by atoms with Crippen LogP contribution in [-0.2, 0) is 0 Å². The number of rotatable bonds is 4. The lowest BCUT2D eigenvalue weighted by atomic mass is 9.97. The third kappa shape index (κ3) is 4.05. The van der Waals surface area contributed by atoms with E-state index in [-0.39, 0.29) is 17.5 Å². The SMILES string of the molecule is C=N[C@H]1CCC(c2nc3cc([C@@H]4CCCCN4C(=O)c4ccc(C)cc4F)nn3cc2C)C1. The first-order chi connectivity index (χ1) is 15.9. The molecule has 2 aromatic heterocycles. The van der Waals surface area contributed by atoms with E-state index < -0.39 is 5.82 Å². The summed E-state index contributed by atoms with van der Waals surface area (Å²) in [5.41, 5.74) is 4.76. The second-order valence-electron chi connectivity index (χ2n) is 9.52. The van der Waals surface area contributed by atoms with Gasteiger partial charge in [-0.05, 0) is 82.3 Å². The minimum atomic E-state index is -0.467. The average molecular weight is 448 g/mol. The Bertz CT molecular complexity index is 1220. The van der Waals surface area contributed by atoms with Gasteiger partial charge in [0.1, 0.15) is 5.82 Å². The quantitative estimate of drug-likeness (QED) is 0.517. The van der Waals surface area contributed by atoms with Crippen LogP contribution in [0.4, 0.5) is 4.39 Å². The molecule has 6 nitrogen and oxygen atoms in total. The number of carbonyl (C=O) groups is 1. The Kier molecular flexibility index (Phi) is 5.72. The number of fused-ring (bicyclic) bond motifs is 1. The third-order valence-corrected chi connectivity index (χ3v) is 7.20. The number of aryl methyl sites for hydroxylation is 2. The second kappa shape index (κ2) is 8.69. The number of halogens is 1. The maximum atomic E-state index is 14.6. The van der Waals surface area contributed by atoms with Crippen molar-refractivity contribution in [1.29, 1.82) is 0 Å². The van der Waals surface area contributed by atoms with Crippen molar-refractivity contribution in [2.24, 2.45) is 4.99 Å². The molecule has 1 aliphatic heterocycles. The Morgan fingerprint density at radius 2 is 2.03 bits per heavy atom. The van der Waals surface area contributed by atoms with Gasteiger partial charge in [-0.2, -0.15) is 5.10 Å². The summed E-state index contributed by atoms with van der Waals surface area (Å²) in [6.45, 7) is 8.21. The first-order valence-corrected chi connectivity index (χ1v) is 11.8. The monoisotopic (exact) mass is 447 g/mol. The topological polar surface area (TPSA) is 62.9 Å². The Hall–Kier alpha value is -3.09. The van der Waals surface area contributed by atoms with Crippen LogP contribution in [0, 0.1) is 19.7 Å². The van der Waals surface area contributed by atoms with Crippen molar-refractivity contribution >= 4 is 18.3 Å². The number of hydrogen-bond donors (Lipinski definition) is 0. The number of hydrogen-bond acceptors (Lipinski definition) is 4. The number of piperidine rings is 1. The number of aromatic nitrogens is 3. The normalized spacial score (nSPS) is 23.2. The van der Waals surface area contributed by atoms with Gasteiger partial charge in [0.15, 0.2) is 5.65 Å². The predicted molar refractivity (Wildman–Crippen MR) is 126 cm³/mol. The lowest BCUT2D eigenvalue weighted by molar-refractivity contribution is 0.0601. The first-order valence-electron chi connectivity index (χ1n) is 11.8. The van der Waals surface area contributed by atoms with Gasteiger partial charge in [0, 0.05) is 30.8 Å². The zero-order chi connectivity index (χ0) is 23.1. The molecule has 1 unspecified atom stereocenters. The summed E-state index contributed by atoms with van der Waals surface area (Å²) >= 11 is 0. The number of amides is 1. The third-order valence-electron chi connectivity index (χ3n) is 7.20. The lowest BCUT2D eigenvalue weighted by Gasteiger charge is -2.34. The van der Waals surface area contributed by atoms with Crippen LogP contribution in [0.5, 0.6) is 0 Å². The van der Waals surface area contributed by atoms with Crippen molar-refractivity contribution in [2.45, 2.75) is 70.4 Å². The maximum absolute atomic E-state index is 14.6. The number of benzene rings is 1. The highest BCUT2D eigenvalue weighted by atomic mass is 19.1. The Balaban J connectivity index is 1.46. The van der Waals surface area contributed by atoms with E-state index in [1.807, 2.05) is 23.7 Å². The van der Waals surface area contributed by atoms with Gasteiger partial charge in [-0.3, -0.25) is 9.79 Å². The fourth-order valence-electron chi connectivity index (χ4n) is 5.42. The molecular weight excluding hydrogens is 417 g/mol. The second-order valence-corrected chi connectivity index (χ2v) is 9.52. The molecule has 3 atom stereocenters. The van der Waals surface area contributed by atoms with Gasteiger partial charge in [0.05, 0.1) is 23.0 Å². The zero-order valence-electron chi connectivity index (χ0n) is 19.3. The highest BCUT2D eigenvalue weighted by Crippen LogP contribution is 2.37. The molecular formula is C26H30FN5O. The molecule has 1 aromatic carbocycles. The smallest absolute Gasteiger partial charge is 0.257 e. The number of nitrogens with zero attached hydrogens (tertiary/aromatic N) is 5. The van der Waals surface area contributed by atoms with Crippen molar-refractivity contribution in [2.75, 3.05) is 6.54 Å². The van der Waals surface area contributed by atoms with Crippen LogP contribution in [-0.4, -0.2) is 44.7 Å². The number of aliphatic imine (C=N–C) groups is 1. The molecule has 1 amide bonds. The van der Waals surface area contributed by atoms with Crippen LogP contribution in [0.3, 0.4) is 0 Å². The molecule has 0 N–H and O–H groups in total.